The Hall–Kier alpha value is -4.26. The van der Waals surface area contributed by atoms with E-state index in [9.17, 15) is 4.79 Å². The second kappa shape index (κ2) is 8.11. The molecule has 7 heteroatoms. The Kier molecular flexibility index (Phi) is 4.99. The van der Waals surface area contributed by atoms with E-state index in [1.165, 1.54) is 0 Å². The van der Waals surface area contributed by atoms with Crippen molar-refractivity contribution >= 4 is 22.5 Å². The van der Waals surface area contributed by atoms with Gasteiger partial charge < -0.3 is 24.3 Å². The van der Waals surface area contributed by atoms with Gasteiger partial charge in [0, 0.05) is 28.8 Å². The Balaban J connectivity index is 1.58. The van der Waals surface area contributed by atoms with Crippen molar-refractivity contribution in [1.29, 1.82) is 0 Å². The molecule has 0 atom stereocenters. The number of aromatic nitrogens is 1. The average Bonchev–Trinajstić information content (AvgIpc) is 3.30. The van der Waals surface area contributed by atoms with Crippen molar-refractivity contribution in [2.45, 2.75) is 0 Å². The number of anilines is 1. The Labute approximate surface area is 184 Å². The smallest absolute Gasteiger partial charge is 0.256 e. The van der Waals surface area contributed by atoms with Gasteiger partial charge in [-0.15, -0.1) is 0 Å². The predicted molar refractivity (Wildman–Crippen MR) is 121 cm³/mol. The summed E-state index contributed by atoms with van der Waals surface area (Å²) in [5.41, 5.74) is 3.21. The lowest BCUT2D eigenvalue weighted by Gasteiger charge is -2.13. The summed E-state index contributed by atoms with van der Waals surface area (Å²) in [6.45, 7) is 0.175. The molecule has 7 nitrogen and oxygen atoms in total. The molecule has 1 aliphatic rings. The summed E-state index contributed by atoms with van der Waals surface area (Å²) in [7, 11) is 3.19. The third-order valence-electron chi connectivity index (χ3n) is 5.28. The van der Waals surface area contributed by atoms with Crippen LogP contribution in [0.4, 0.5) is 5.69 Å². The Morgan fingerprint density at radius 2 is 1.78 bits per heavy atom. The Morgan fingerprint density at radius 1 is 0.938 bits per heavy atom. The standard InChI is InChI=1S/C25H20N2O5/c1-29-16-8-9-18(23(12-16)30-2)21-13-19(17-5-3-4-6-20(17)27-21)25(28)26-15-7-10-22-24(11-15)32-14-31-22/h3-13H,14H2,1-2H3,(H,26,28). The molecular weight excluding hydrogens is 408 g/mol. The second-order valence-corrected chi connectivity index (χ2v) is 7.16. The Bertz CT molecular complexity index is 1340. The number of amides is 1. The Morgan fingerprint density at radius 3 is 2.62 bits per heavy atom. The number of hydrogen-bond donors (Lipinski definition) is 1. The molecule has 4 aromatic rings. The third kappa shape index (κ3) is 3.54. The van der Waals surface area contributed by atoms with Crippen molar-refractivity contribution in [1.82, 2.24) is 4.98 Å². The van der Waals surface area contributed by atoms with E-state index in [1.807, 2.05) is 36.4 Å². The van der Waals surface area contributed by atoms with Crippen LogP contribution in [-0.4, -0.2) is 31.9 Å². The quantitative estimate of drug-likeness (QED) is 0.487. The van der Waals surface area contributed by atoms with Crippen LogP contribution in [0.5, 0.6) is 23.0 Å². The molecule has 1 aromatic heterocycles. The van der Waals surface area contributed by atoms with E-state index >= 15 is 0 Å². The highest BCUT2D eigenvalue weighted by Crippen LogP contribution is 2.36. The van der Waals surface area contributed by atoms with Crippen LogP contribution < -0.4 is 24.3 Å². The fourth-order valence-electron chi connectivity index (χ4n) is 3.68. The van der Waals surface area contributed by atoms with E-state index < -0.39 is 0 Å². The molecule has 160 valence electrons. The number of hydrogen-bond acceptors (Lipinski definition) is 6. The predicted octanol–water partition coefficient (Wildman–Crippen LogP) is 4.90. The van der Waals surface area contributed by atoms with Gasteiger partial charge in [-0.05, 0) is 36.4 Å². The largest absolute Gasteiger partial charge is 0.497 e. The van der Waals surface area contributed by atoms with Gasteiger partial charge in [0.05, 0.1) is 31.0 Å². The average molecular weight is 428 g/mol. The summed E-state index contributed by atoms with van der Waals surface area (Å²) in [6.07, 6.45) is 0. The summed E-state index contributed by atoms with van der Waals surface area (Å²) < 4.78 is 21.6. The molecule has 1 amide bonds. The molecule has 0 bridgehead atoms. The van der Waals surface area contributed by atoms with E-state index in [1.54, 1.807) is 44.6 Å². The maximum absolute atomic E-state index is 13.3. The minimum absolute atomic E-state index is 0.175. The monoisotopic (exact) mass is 428 g/mol. The lowest BCUT2D eigenvalue weighted by atomic mass is 10.0. The molecule has 5 rings (SSSR count). The molecule has 0 unspecified atom stereocenters. The van der Waals surface area contributed by atoms with Crippen molar-refractivity contribution in [2.75, 3.05) is 26.3 Å². The summed E-state index contributed by atoms with van der Waals surface area (Å²) in [5, 5.41) is 3.70. The lowest BCUT2D eigenvalue weighted by Crippen LogP contribution is -2.13. The molecular formula is C25H20N2O5. The van der Waals surface area contributed by atoms with Gasteiger partial charge in [0.25, 0.3) is 5.91 Å². The van der Waals surface area contributed by atoms with E-state index in [0.717, 1.165) is 10.9 Å². The van der Waals surface area contributed by atoms with Crippen LogP contribution in [0.2, 0.25) is 0 Å². The van der Waals surface area contributed by atoms with Gasteiger partial charge in [0.2, 0.25) is 6.79 Å². The molecule has 1 aliphatic heterocycles. The minimum Gasteiger partial charge on any atom is -0.497 e. The van der Waals surface area contributed by atoms with Crippen LogP contribution >= 0.6 is 0 Å². The minimum atomic E-state index is -0.254. The number of benzene rings is 3. The third-order valence-corrected chi connectivity index (χ3v) is 5.28. The number of ether oxygens (including phenoxy) is 4. The highest BCUT2D eigenvalue weighted by Gasteiger charge is 2.18. The SMILES string of the molecule is COc1ccc(-c2cc(C(=O)Nc3ccc4c(c3)OCO4)c3ccccc3n2)c(OC)c1. The highest BCUT2D eigenvalue weighted by atomic mass is 16.7. The van der Waals surface area contributed by atoms with Gasteiger partial charge in [-0.3, -0.25) is 4.79 Å². The van der Waals surface area contributed by atoms with Gasteiger partial charge in [0.1, 0.15) is 11.5 Å². The number of carbonyl (C=O) groups is 1. The van der Waals surface area contributed by atoms with Gasteiger partial charge in [-0.1, -0.05) is 18.2 Å². The molecule has 0 aliphatic carbocycles. The number of pyridine rings is 1. The number of carbonyl (C=O) groups excluding carboxylic acids is 1. The molecule has 3 aromatic carbocycles. The van der Waals surface area contributed by atoms with Crippen LogP contribution in [0.3, 0.4) is 0 Å². The van der Waals surface area contributed by atoms with E-state index in [-0.39, 0.29) is 12.7 Å². The molecule has 0 saturated carbocycles. The zero-order chi connectivity index (χ0) is 22.1. The van der Waals surface area contributed by atoms with Crippen molar-refractivity contribution in [3.63, 3.8) is 0 Å². The molecule has 2 heterocycles. The first-order valence-electron chi connectivity index (χ1n) is 9.99. The number of methoxy groups -OCH3 is 2. The van der Waals surface area contributed by atoms with Crippen LogP contribution in [0.25, 0.3) is 22.2 Å². The zero-order valence-corrected chi connectivity index (χ0v) is 17.5. The first kappa shape index (κ1) is 19.7. The van der Waals surface area contributed by atoms with Crippen molar-refractivity contribution in [3.05, 3.63) is 72.3 Å². The van der Waals surface area contributed by atoms with Crippen molar-refractivity contribution in [2.24, 2.45) is 0 Å². The number of nitrogens with one attached hydrogen (secondary N) is 1. The number of nitrogens with zero attached hydrogens (tertiary/aromatic N) is 1. The summed E-state index contributed by atoms with van der Waals surface area (Å²) in [4.78, 5) is 18.1. The van der Waals surface area contributed by atoms with Crippen LogP contribution in [0.15, 0.2) is 66.7 Å². The molecule has 0 radical (unpaired) electrons. The maximum Gasteiger partial charge on any atom is 0.256 e. The molecule has 0 spiro atoms. The number of fused-ring (bicyclic) bond motifs is 2. The van der Waals surface area contributed by atoms with E-state index in [4.69, 9.17) is 23.9 Å². The second-order valence-electron chi connectivity index (χ2n) is 7.16. The van der Waals surface area contributed by atoms with Crippen LogP contribution in [0, 0.1) is 0 Å². The van der Waals surface area contributed by atoms with Crippen LogP contribution in [-0.2, 0) is 0 Å². The van der Waals surface area contributed by atoms with Gasteiger partial charge in [-0.25, -0.2) is 4.98 Å². The lowest BCUT2D eigenvalue weighted by molar-refractivity contribution is 0.102. The zero-order valence-electron chi connectivity index (χ0n) is 17.5. The van der Waals surface area contributed by atoms with Gasteiger partial charge in [0.15, 0.2) is 11.5 Å². The normalized spacial score (nSPS) is 11.9. The van der Waals surface area contributed by atoms with E-state index in [2.05, 4.69) is 5.32 Å². The van der Waals surface area contributed by atoms with Crippen LogP contribution in [0.1, 0.15) is 10.4 Å². The molecule has 1 N–H and O–H groups in total. The van der Waals surface area contributed by atoms with Crippen molar-refractivity contribution in [3.8, 4) is 34.3 Å². The highest BCUT2D eigenvalue weighted by molar-refractivity contribution is 6.13. The summed E-state index contributed by atoms with van der Waals surface area (Å²) in [6, 6.07) is 20.1. The number of para-hydroxylation sites is 1. The fourth-order valence-corrected chi connectivity index (χ4v) is 3.68. The first-order valence-corrected chi connectivity index (χ1v) is 9.99. The molecule has 0 saturated heterocycles. The summed E-state index contributed by atoms with van der Waals surface area (Å²) in [5.74, 6) is 2.29. The molecule has 0 fully saturated rings. The van der Waals surface area contributed by atoms with E-state index in [0.29, 0.717) is 45.5 Å². The number of rotatable bonds is 5. The topological polar surface area (TPSA) is 78.9 Å². The first-order chi connectivity index (χ1) is 15.7. The fraction of sp³-hybridized carbons (Fsp3) is 0.120. The summed E-state index contributed by atoms with van der Waals surface area (Å²) >= 11 is 0. The maximum atomic E-state index is 13.3. The van der Waals surface area contributed by atoms with Gasteiger partial charge in [-0.2, -0.15) is 0 Å². The van der Waals surface area contributed by atoms with Gasteiger partial charge >= 0.3 is 0 Å². The molecule has 32 heavy (non-hydrogen) atoms. The van der Waals surface area contributed by atoms with Crippen molar-refractivity contribution < 1.29 is 23.7 Å².